The molecule has 0 aliphatic rings. The molecule has 100 valence electrons. The topological polar surface area (TPSA) is 73.6 Å². The van der Waals surface area contributed by atoms with Crippen LogP contribution in [0.15, 0.2) is 30.5 Å². The van der Waals surface area contributed by atoms with E-state index in [0.29, 0.717) is 22.9 Å². The predicted octanol–water partition coefficient (Wildman–Crippen LogP) is 1.52. The van der Waals surface area contributed by atoms with Crippen LogP contribution in [0.5, 0.6) is 11.5 Å². The van der Waals surface area contributed by atoms with Crippen molar-refractivity contribution in [2.45, 2.75) is 6.42 Å². The predicted molar refractivity (Wildman–Crippen MR) is 68.0 cm³/mol. The van der Waals surface area contributed by atoms with Crippen molar-refractivity contribution in [2.75, 3.05) is 14.2 Å². The van der Waals surface area contributed by atoms with E-state index in [1.165, 1.54) is 0 Å². The molecule has 0 fully saturated rings. The van der Waals surface area contributed by atoms with Crippen LogP contribution >= 0.6 is 0 Å². The second-order valence-corrected chi connectivity index (χ2v) is 3.86. The monoisotopic (exact) mass is 262 g/mol. The molecule has 1 aromatic heterocycles. The summed E-state index contributed by atoms with van der Waals surface area (Å²) in [5, 5.41) is 12.9. The lowest BCUT2D eigenvalue weighted by Gasteiger charge is -2.10. The molecule has 0 saturated carbocycles. The molecular weight excluding hydrogens is 248 g/mol. The van der Waals surface area contributed by atoms with Crippen LogP contribution in [0.1, 0.15) is 5.69 Å². The van der Waals surface area contributed by atoms with Crippen molar-refractivity contribution in [3.63, 3.8) is 0 Å². The summed E-state index contributed by atoms with van der Waals surface area (Å²) >= 11 is 0. The van der Waals surface area contributed by atoms with Crippen molar-refractivity contribution in [1.82, 2.24) is 9.78 Å². The number of hydrogen-bond donors (Lipinski definition) is 1. The number of ether oxygens (including phenoxy) is 2. The largest absolute Gasteiger partial charge is 0.497 e. The highest BCUT2D eigenvalue weighted by Crippen LogP contribution is 2.27. The van der Waals surface area contributed by atoms with E-state index in [0.717, 1.165) is 0 Å². The van der Waals surface area contributed by atoms with E-state index in [1.54, 1.807) is 49.4 Å². The van der Waals surface area contributed by atoms with Gasteiger partial charge in [-0.25, -0.2) is 4.68 Å². The van der Waals surface area contributed by atoms with E-state index in [1.807, 2.05) is 0 Å². The first-order valence-electron chi connectivity index (χ1n) is 5.63. The second-order valence-electron chi connectivity index (χ2n) is 3.86. The van der Waals surface area contributed by atoms with Gasteiger partial charge < -0.3 is 14.6 Å². The van der Waals surface area contributed by atoms with Crippen LogP contribution < -0.4 is 9.47 Å². The van der Waals surface area contributed by atoms with Gasteiger partial charge in [-0.1, -0.05) is 0 Å². The Labute approximate surface area is 110 Å². The highest BCUT2D eigenvalue weighted by atomic mass is 16.5. The number of methoxy groups -OCH3 is 2. The first kappa shape index (κ1) is 12.9. The van der Waals surface area contributed by atoms with Crippen LogP contribution in [0.2, 0.25) is 0 Å². The zero-order chi connectivity index (χ0) is 13.8. The van der Waals surface area contributed by atoms with Crippen molar-refractivity contribution in [2.24, 2.45) is 0 Å². The zero-order valence-corrected chi connectivity index (χ0v) is 10.7. The molecule has 1 aromatic carbocycles. The first-order chi connectivity index (χ1) is 9.13. The summed E-state index contributed by atoms with van der Waals surface area (Å²) in [7, 11) is 3.14. The summed E-state index contributed by atoms with van der Waals surface area (Å²) < 4.78 is 12.0. The number of hydrogen-bond acceptors (Lipinski definition) is 4. The van der Waals surface area contributed by atoms with Gasteiger partial charge in [0, 0.05) is 12.3 Å². The average molecular weight is 262 g/mol. The van der Waals surface area contributed by atoms with Crippen LogP contribution in [0.25, 0.3) is 5.69 Å². The summed E-state index contributed by atoms with van der Waals surface area (Å²) in [5.41, 5.74) is 1.18. The van der Waals surface area contributed by atoms with Crippen molar-refractivity contribution in [3.8, 4) is 17.2 Å². The van der Waals surface area contributed by atoms with E-state index in [4.69, 9.17) is 14.6 Å². The van der Waals surface area contributed by atoms with Crippen LogP contribution in [0.4, 0.5) is 0 Å². The Kier molecular flexibility index (Phi) is 3.70. The molecule has 1 heterocycles. The Morgan fingerprint density at radius 1 is 1.32 bits per heavy atom. The maximum Gasteiger partial charge on any atom is 0.309 e. The lowest BCUT2D eigenvalue weighted by molar-refractivity contribution is -0.136. The number of aliphatic carboxylic acids is 1. The number of carboxylic acid groups (broad SMARTS) is 1. The van der Waals surface area contributed by atoms with Crippen molar-refractivity contribution in [1.29, 1.82) is 0 Å². The molecule has 0 atom stereocenters. The van der Waals surface area contributed by atoms with Gasteiger partial charge in [0.2, 0.25) is 0 Å². The smallest absolute Gasteiger partial charge is 0.309 e. The minimum Gasteiger partial charge on any atom is -0.497 e. The number of carbonyl (C=O) groups is 1. The lowest BCUT2D eigenvalue weighted by atomic mass is 10.2. The van der Waals surface area contributed by atoms with Gasteiger partial charge in [0.05, 0.1) is 26.3 Å². The number of benzene rings is 1. The molecule has 0 aliphatic carbocycles. The molecule has 1 N–H and O–H groups in total. The summed E-state index contributed by atoms with van der Waals surface area (Å²) in [4.78, 5) is 10.6. The van der Waals surface area contributed by atoms with Gasteiger partial charge in [-0.2, -0.15) is 5.10 Å². The number of rotatable bonds is 5. The summed E-state index contributed by atoms with van der Waals surface area (Å²) in [6.07, 6.45) is 1.58. The zero-order valence-electron chi connectivity index (χ0n) is 10.7. The van der Waals surface area contributed by atoms with E-state index in [2.05, 4.69) is 5.10 Å². The Bertz CT molecular complexity index is 592. The van der Waals surface area contributed by atoms with Crippen molar-refractivity contribution in [3.05, 3.63) is 36.2 Å². The number of nitrogens with zero attached hydrogens (tertiary/aromatic N) is 2. The fraction of sp³-hybridized carbons (Fsp3) is 0.231. The molecule has 2 rings (SSSR count). The van der Waals surface area contributed by atoms with Gasteiger partial charge in [-0.05, 0) is 18.2 Å². The molecule has 0 unspecified atom stereocenters. The summed E-state index contributed by atoms with van der Waals surface area (Å²) in [6, 6.07) is 6.99. The lowest BCUT2D eigenvalue weighted by Crippen LogP contribution is -2.03. The highest BCUT2D eigenvalue weighted by Gasteiger charge is 2.10. The van der Waals surface area contributed by atoms with Gasteiger partial charge in [0.25, 0.3) is 0 Å². The Morgan fingerprint density at radius 2 is 2.11 bits per heavy atom. The van der Waals surface area contributed by atoms with Gasteiger partial charge in [0.15, 0.2) is 0 Å². The molecule has 19 heavy (non-hydrogen) atoms. The molecule has 0 radical (unpaired) electrons. The summed E-state index contributed by atoms with van der Waals surface area (Å²) in [6.45, 7) is 0. The second kappa shape index (κ2) is 5.43. The Hall–Kier alpha value is -2.50. The maximum atomic E-state index is 10.6. The molecular formula is C13H14N2O4. The van der Waals surface area contributed by atoms with Gasteiger partial charge in [0.1, 0.15) is 17.2 Å². The fourth-order valence-corrected chi connectivity index (χ4v) is 1.72. The Morgan fingerprint density at radius 3 is 2.74 bits per heavy atom. The summed E-state index contributed by atoms with van der Waals surface area (Å²) in [5.74, 6) is 0.389. The molecule has 0 bridgehead atoms. The van der Waals surface area contributed by atoms with Crippen LogP contribution in [0, 0.1) is 0 Å². The number of aromatic nitrogens is 2. The third kappa shape index (κ3) is 2.85. The number of carboxylic acids is 1. The molecule has 2 aromatic rings. The van der Waals surface area contributed by atoms with E-state index in [9.17, 15) is 4.79 Å². The maximum absolute atomic E-state index is 10.6. The fourth-order valence-electron chi connectivity index (χ4n) is 1.72. The molecule has 6 nitrogen and oxygen atoms in total. The minimum absolute atomic E-state index is 0.112. The van der Waals surface area contributed by atoms with Gasteiger partial charge in [-0.15, -0.1) is 0 Å². The normalized spacial score (nSPS) is 10.2. The van der Waals surface area contributed by atoms with E-state index in [-0.39, 0.29) is 6.42 Å². The first-order valence-corrected chi connectivity index (χ1v) is 5.63. The molecule has 0 spiro atoms. The van der Waals surface area contributed by atoms with Crippen LogP contribution in [-0.4, -0.2) is 35.1 Å². The van der Waals surface area contributed by atoms with Crippen molar-refractivity contribution >= 4 is 5.97 Å². The molecule has 0 saturated heterocycles. The van der Waals surface area contributed by atoms with Crippen molar-refractivity contribution < 1.29 is 19.4 Å². The molecule has 6 heteroatoms. The highest BCUT2D eigenvalue weighted by molar-refractivity contribution is 5.69. The van der Waals surface area contributed by atoms with Crippen LogP contribution in [0.3, 0.4) is 0 Å². The quantitative estimate of drug-likeness (QED) is 0.884. The van der Waals surface area contributed by atoms with E-state index >= 15 is 0 Å². The van der Waals surface area contributed by atoms with E-state index < -0.39 is 5.97 Å². The molecule has 0 amide bonds. The average Bonchev–Trinajstić information content (AvgIpc) is 2.85. The van der Waals surface area contributed by atoms with Gasteiger partial charge in [-0.3, -0.25) is 4.79 Å². The third-order valence-corrected chi connectivity index (χ3v) is 2.61. The van der Waals surface area contributed by atoms with Gasteiger partial charge >= 0.3 is 5.97 Å². The third-order valence-electron chi connectivity index (χ3n) is 2.61. The minimum atomic E-state index is -0.914. The molecule has 0 aliphatic heterocycles. The Balaban J connectivity index is 2.39. The van der Waals surface area contributed by atoms with Crippen LogP contribution in [-0.2, 0) is 11.2 Å². The standard InChI is InChI=1S/C13H14N2O4/c1-18-10-3-4-12(19-2)11(8-10)15-6-5-9(14-15)7-13(16)17/h3-6,8H,7H2,1-2H3,(H,16,17). The SMILES string of the molecule is COc1ccc(OC)c(-n2ccc(CC(=O)O)n2)c1.